The molecule has 1 amide bonds. The highest BCUT2D eigenvalue weighted by Gasteiger charge is 2.19. The number of carbonyl (C=O) groups is 1. The number of nitrogens with two attached hydrogens (primary N) is 1. The van der Waals surface area contributed by atoms with Crippen molar-refractivity contribution in [3.8, 4) is 5.75 Å². The Bertz CT molecular complexity index is 612. The van der Waals surface area contributed by atoms with Crippen LogP contribution in [0.1, 0.15) is 38.7 Å². The number of carbonyl (C=O) groups excluding carboxylic acids is 1. The van der Waals surface area contributed by atoms with Crippen molar-refractivity contribution in [3.05, 3.63) is 29.8 Å². The Morgan fingerprint density at radius 3 is 2.78 bits per heavy atom. The quantitative estimate of drug-likeness (QED) is 0.449. The molecular weight excluding hydrogens is 342 g/mol. The van der Waals surface area contributed by atoms with Crippen molar-refractivity contribution in [3.63, 3.8) is 0 Å². The Labute approximate surface area is 162 Å². The van der Waals surface area contributed by atoms with Gasteiger partial charge in [0.05, 0.1) is 6.54 Å². The van der Waals surface area contributed by atoms with Gasteiger partial charge < -0.3 is 26.0 Å². The van der Waals surface area contributed by atoms with Gasteiger partial charge in [-0.3, -0.25) is 4.79 Å². The molecule has 0 bridgehead atoms. The topological polar surface area (TPSA) is 92.0 Å². The molecule has 1 aromatic rings. The third-order valence-corrected chi connectivity index (χ3v) is 4.51. The molecule has 0 atom stereocenters. The first-order valence-electron chi connectivity index (χ1n) is 9.88. The predicted molar refractivity (Wildman–Crippen MR) is 109 cm³/mol. The van der Waals surface area contributed by atoms with Gasteiger partial charge in [0.2, 0.25) is 0 Å². The summed E-state index contributed by atoms with van der Waals surface area (Å²) in [5.74, 6) is 0.986. The van der Waals surface area contributed by atoms with E-state index in [4.69, 9.17) is 15.5 Å². The lowest BCUT2D eigenvalue weighted by Crippen LogP contribution is -2.48. The SMILES string of the molecule is CCCN1CCC(NC(=NCc2cccc(OCC(N)=O)c2)NCC)CC1. The molecule has 0 aliphatic carbocycles. The molecular formula is C20H33N5O2. The molecule has 0 spiro atoms. The highest BCUT2D eigenvalue weighted by Crippen LogP contribution is 2.14. The maximum atomic E-state index is 10.8. The maximum Gasteiger partial charge on any atom is 0.255 e. The van der Waals surface area contributed by atoms with Crippen molar-refractivity contribution in [2.24, 2.45) is 10.7 Å². The van der Waals surface area contributed by atoms with Gasteiger partial charge in [0.15, 0.2) is 12.6 Å². The Morgan fingerprint density at radius 2 is 2.11 bits per heavy atom. The van der Waals surface area contributed by atoms with E-state index in [1.165, 1.54) is 13.0 Å². The number of rotatable bonds is 9. The summed E-state index contributed by atoms with van der Waals surface area (Å²) in [6.07, 6.45) is 3.49. The number of guanidine groups is 1. The molecule has 1 fully saturated rings. The van der Waals surface area contributed by atoms with Gasteiger partial charge >= 0.3 is 0 Å². The number of likely N-dealkylation sites (tertiary alicyclic amines) is 1. The van der Waals surface area contributed by atoms with Crippen LogP contribution in [0.3, 0.4) is 0 Å². The molecule has 0 radical (unpaired) electrons. The second-order valence-corrected chi connectivity index (χ2v) is 6.86. The van der Waals surface area contributed by atoms with E-state index in [0.717, 1.165) is 44.0 Å². The van der Waals surface area contributed by atoms with E-state index in [1.807, 2.05) is 24.3 Å². The van der Waals surface area contributed by atoms with E-state index >= 15 is 0 Å². The Hall–Kier alpha value is -2.28. The molecule has 1 saturated heterocycles. The van der Waals surface area contributed by atoms with Crippen molar-refractivity contribution >= 4 is 11.9 Å². The highest BCUT2D eigenvalue weighted by molar-refractivity contribution is 5.80. The first-order valence-corrected chi connectivity index (χ1v) is 9.88. The normalized spacial score (nSPS) is 16.1. The molecule has 0 aromatic heterocycles. The number of amides is 1. The van der Waals surface area contributed by atoms with Crippen LogP contribution in [0.4, 0.5) is 0 Å². The summed E-state index contributed by atoms with van der Waals surface area (Å²) in [6, 6.07) is 8.04. The predicted octanol–water partition coefficient (Wildman–Crippen LogP) is 1.48. The van der Waals surface area contributed by atoms with E-state index in [-0.39, 0.29) is 6.61 Å². The molecule has 7 heteroatoms. The van der Waals surface area contributed by atoms with Crippen LogP contribution >= 0.6 is 0 Å². The fraction of sp³-hybridized carbons (Fsp3) is 0.600. The van der Waals surface area contributed by atoms with Gasteiger partial charge in [-0.2, -0.15) is 0 Å². The van der Waals surface area contributed by atoms with E-state index in [2.05, 4.69) is 29.4 Å². The molecule has 1 aromatic carbocycles. The average molecular weight is 376 g/mol. The van der Waals surface area contributed by atoms with Crippen molar-refractivity contribution in [1.29, 1.82) is 0 Å². The fourth-order valence-corrected chi connectivity index (χ4v) is 3.19. The zero-order valence-electron chi connectivity index (χ0n) is 16.5. The lowest BCUT2D eigenvalue weighted by Gasteiger charge is -2.32. The molecule has 0 saturated carbocycles. The second-order valence-electron chi connectivity index (χ2n) is 6.86. The standard InChI is InChI=1S/C20H33N5O2/c1-3-10-25-11-8-17(9-12-25)24-20(22-4-2)23-14-16-6-5-7-18(13-16)27-15-19(21)26/h5-7,13,17H,3-4,8-12,14-15H2,1-2H3,(H2,21,26)(H2,22,23,24). The zero-order chi connectivity index (χ0) is 19.5. The minimum absolute atomic E-state index is 0.117. The Morgan fingerprint density at radius 1 is 1.33 bits per heavy atom. The van der Waals surface area contributed by atoms with Gasteiger partial charge in [-0.25, -0.2) is 4.99 Å². The monoisotopic (exact) mass is 375 g/mol. The van der Waals surface area contributed by atoms with Gasteiger partial charge in [-0.1, -0.05) is 19.1 Å². The minimum atomic E-state index is -0.484. The molecule has 150 valence electrons. The number of hydrogen-bond donors (Lipinski definition) is 3. The summed E-state index contributed by atoms with van der Waals surface area (Å²) in [7, 11) is 0. The number of ether oxygens (including phenoxy) is 1. The molecule has 2 rings (SSSR count). The maximum absolute atomic E-state index is 10.8. The summed E-state index contributed by atoms with van der Waals surface area (Å²) in [4.78, 5) is 18.1. The zero-order valence-corrected chi connectivity index (χ0v) is 16.5. The number of primary amides is 1. The van der Waals surface area contributed by atoms with Gasteiger partial charge in [0.25, 0.3) is 5.91 Å². The average Bonchev–Trinajstić information content (AvgIpc) is 2.67. The largest absolute Gasteiger partial charge is 0.484 e. The molecule has 4 N–H and O–H groups in total. The highest BCUT2D eigenvalue weighted by atomic mass is 16.5. The molecule has 27 heavy (non-hydrogen) atoms. The van der Waals surface area contributed by atoms with Crippen LogP contribution in [-0.2, 0) is 11.3 Å². The number of hydrogen-bond acceptors (Lipinski definition) is 4. The summed E-state index contributed by atoms with van der Waals surface area (Å²) < 4.78 is 5.35. The van der Waals surface area contributed by atoms with Crippen LogP contribution in [0.25, 0.3) is 0 Å². The Balaban J connectivity index is 1.89. The van der Waals surface area contributed by atoms with Crippen LogP contribution < -0.4 is 21.1 Å². The number of piperidine rings is 1. The molecule has 1 aliphatic heterocycles. The summed E-state index contributed by atoms with van der Waals surface area (Å²) in [5, 5.41) is 6.89. The van der Waals surface area contributed by atoms with Crippen LogP contribution in [0, 0.1) is 0 Å². The smallest absolute Gasteiger partial charge is 0.255 e. The first-order chi connectivity index (χ1) is 13.1. The van der Waals surface area contributed by atoms with Crippen LogP contribution in [0.5, 0.6) is 5.75 Å². The number of nitrogens with zero attached hydrogens (tertiary/aromatic N) is 2. The third-order valence-electron chi connectivity index (χ3n) is 4.51. The van der Waals surface area contributed by atoms with Crippen molar-refractivity contribution in [2.75, 3.05) is 32.8 Å². The Kier molecular flexibility index (Phi) is 8.91. The number of aliphatic imine (C=N–C) groups is 1. The van der Waals surface area contributed by atoms with Crippen LogP contribution in [0.2, 0.25) is 0 Å². The van der Waals surface area contributed by atoms with Crippen LogP contribution in [0.15, 0.2) is 29.3 Å². The van der Waals surface area contributed by atoms with Gasteiger partial charge in [-0.15, -0.1) is 0 Å². The summed E-state index contributed by atoms with van der Waals surface area (Å²) in [6.45, 7) is 9.02. The van der Waals surface area contributed by atoms with E-state index in [1.54, 1.807) is 0 Å². The van der Waals surface area contributed by atoms with Crippen molar-refractivity contribution < 1.29 is 9.53 Å². The number of benzene rings is 1. The number of nitrogens with one attached hydrogen (secondary N) is 2. The lowest BCUT2D eigenvalue weighted by atomic mass is 10.1. The third kappa shape index (κ3) is 7.86. The van der Waals surface area contributed by atoms with Gasteiger partial charge in [0, 0.05) is 25.7 Å². The second kappa shape index (κ2) is 11.4. The summed E-state index contributed by atoms with van der Waals surface area (Å²) in [5.41, 5.74) is 6.14. The van der Waals surface area contributed by atoms with E-state index in [0.29, 0.717) is 18.3 Å². The van der Waals surface area contributed by atoms with Crippen molar-refractivity contribution in [2.45, 2.75) is 45.7 Å². The van der Waals surface area contributed by atoms with E-state index < -0.39 is 5.91 Å². The van der Waals surface area contributed by atoms with Gasteiger partial charge in [-0.05, 0) is 50.4 Å². The molecule has 1 heterocycles. The molecule has 7 nitrogen and oxygen atoms in total. The van der Waals surface area contributed by atoms with Crippen LogP contribution in [-0.4, -0.2) is 55.6 Å². The fourth-order valence-electron chi connectivity index (χ4n) is 3.19. The minimum Gasteiger partial charge on any atom is -0.484 e. The summed E-state index contributed by atoms with van der Waals surface area (Å²) >= 11 is 0. The van der Waals surface area contributed by atoms with Crippen molar-refractivity contribution in [1.82, 2.24) is 15.5 Å². The molecule has 1 aliphatic rings. The van der Waals surface area contributed by atoms with Gasteiger partial charge in [0.1, 0.15) is 5.75 Å². The lowest BCUT2D eigenvalue weighted by molar-refractivity contribution is -0.119. The van der Waals surface area contributed by atoms with E-state index in [9.17, 15) is 4.79 Å². The molecule has 0 unspecified atom stereocenters. The first kappa shape index (κ1) is 21.0.